The topological polar surface area (TPSA) is 50.5 Å². The second-order valence-electron chi connectivity index (χ2n) is 6.30. The van der Waals surface area contributed by atoms with Gasteiger partial charge in [-0.25, -0.2) is 23.1 Å². The quantitative estimate of drug-likeness (QED) is 0.722. The lowest BCUT2D eigenvalue weighted by atomic mass is 10.1. The molecule has 2 aromatic heterocycles. The number of carbonyl (C=O) groups is 1. The zero-order valence-corrected chi connectivity index (χ0v) is 13.7. The summed E-state index contributed by atoms with van der Waals surface area (Å²) >= 11 is 0. The average Bonchev–Trinajstić information content (AvgIpc) is 3.23. The number of likely N-dealkylation sites (tertiary alicyclic amines) is 1. The predicted octanol–water partition coefficient (Wildman–Crippen LogP) is 2.79. The van der Waals surface area contributed by atoms with Crippen LogP contribution in [0.4, 0.5) is 13.2 Å². The minimum Gasteiger partial charge on any atom is -0.339 e. The van der Waals surface area contributed by atoms with Gasteiger partial charge in [-0.1, -0.05) is 0 Å². The molecule has 0 spiro atoms. The fourth-order valence-corrected chi connectivity index (χ4v) is 3.03. The van der Waals surface area contributed by atoms with Gasteiger partial charge >= 0.3 is 0 Å². The molecule has 5 nitrogen and oxygen atoms in total. The van der Waals surface area contributed by atoms with Gasteiger partial charge < -0.3 is 4.90 Å². The molecule has 0 aliphatic carbocycles. The lowest BCUT2D eigenvalue weighted by molar-refractivity contribution is -0.129. The zero-order chi connectivity index (χ0) is 18.3. The Labute approximate surface area is 147 Å². The Kier molecular flexibility index (Phi) is 4.10. The molecular weight excluding hydrogens is 345 g/mol. The van der Waals surface area contributed by atoms with Crippen LogP contribution in [0.2, 0.25) is 0 Å². The highest BCUT2D eigenvalue weighted by atomic mass is 19.2. The third-order valence-corrected chi connectivity index (χ3v) is 4.44. The highest BCUT2D eigenvalue weighted by Crippen LogP contribution is 2.22. The van der Waals surface area contributed by atoms with E-state index in [1.165, 1.54) is 17.3 Å². The van der Waals surface area contributed by atoms with Crippen molar-refractivity contribution in [1.29, 1.82) is 0 Å². The maximum Gasteiger partial charge on any atom is 0.228 e. The molecule has 0 radical (unpaired) electrons. The van der Waals surface area contributed by atoms with Crippen LogP contribution in [0.25, 0.3) is 16.9 Å². The van der Waals surface area contributed by atoms with Gasteiger partial charge in [-0.2, -0.15) is 0 Å². The van der Waals surface area contributed by atoms with Crippen molar-refractivity contribution in [1.82, 2.24) is 19.3 Å². The fourth-order valence-electron chi connectivity index (χ4n) is 3.03. The summed E-state index contributed by atoms with van der Waals surface area (Å²) in [4.78, 5) is 22.3. The molecule has 3 aromatic rings. The van der Waals surface area contributed by atoms with Gasteiger partial charge in [0.05, 0.1) is 24.4 Å². The summed E-state index contributed by atoms with van der Waals surface area (Å²) in [6.45, 7) is 0.552. The van der Waals surface area contributed by atoms with Gasteiger partial charge in [0.2, 0.25) is 5.91 Å². The summed E-state index contributed by atoms with van der Waals surface area (Å²) in [5.74, 6) is -2.03. The molecule has 1 aliphatic rings. The second-order valence-corrected chi connectivity index (χ2v) is 6.30. The van der Waals surface area contributed by atoms with Crippen molar-refractivity contribution in [3.63, 3.8) is 0 Å². The van der Waals surface area contributed by atoms with Crippen LogP contribution in [0.5, 0.6) is 0 Å². The molecule has 1 amide bonds. The molecule has 1 atom stereocenters. The van der Waals surface area contributed by atoms with Gasteiger partial charge in [-0.05, 0) is 24.6 Å². The number of imidazole rings is 1. The molecule has 1 aromatic carbocycles. The fraction of sp³-hybridized carbons (Fsp3) is 0.278. The van der Waals surface area contributed by atoms with Gasteiger partial charge in [-0.15, -0.1) is 0 Å². The van der Waals surface area contributed by atoms with E-state index >= 15 is 0 Å². The van der Waals surface area contributed by atoms with Crippen LogP contribution in [0.1, 0.15) is 12.1 Å². The first-order chi connectivity index (χ1) is 12.5. The van der Waals surface area contributed by atoms with Gasteiger partial charge in [0, 0.05) is 24.4 Å². The Hall–Kier alpha value is -2.90. The first-order valence-electron chi connectivity index (χ1n) is 8.20. The SMILES string of the molecule is O=C(Cc1cc2nc(-c3ccc(F)c(F)c3)cn2cn1)N1CC[C@H](F)C1. The van der Waals surface area contributed by atoms with Crippen molar-refractivity contribution in [3.8, 4) is 11.3 Å². The number of amides is 1. The number of benzene rings is 1. The van der Waals surface area contributed by atoms with E-state index in [0.29, 0.717) is 35.6 Å². The van der Waals surface area contributed by atoms with Crippen LogP contribution in [-0.4, -0.2) is 44.4 Å². The monoisotopic (exact) mass is 360 g/mol. The van der Waals surface area contributed by atoms with Crippen LogP contribution >= 0.6 is 0 Å². The number of hydrogen-bond donors (Lipinski definition) is 0. The van der Waals surface area contributed by atoms with E-state index in [0.717, 1.165) is 12.1 Å². The number of rotatable bonds is 3. The number of aromatic nitrogens is 3. The van der Waals surface area contributed by atoms with E-state index in [4.69, 9.17) is 0 Å². The Morgan fingerprint density at radius 2 is 2.08 bits per heavy atom. The number of alkyl halides is 1. The Morgan fingerprint density at radius 3 is 2.81 bits per heavy atom. The molecule has 3 heterocycles. The van der Waals surface area contributed by atoms with E-state index < -0.39 is 17.8 Å². The molecule has 0 N–H and O–H groups in total. The van der Waals surface area contributed by atoms with E-state index in [-0.39, 0.29) is 18.9 Å². The largest absolute Gasteiger partial charge is 0.339 e. The van der Waals surface area contributed by atoms with Gasteiger partial charge in [-0.3, -0.25) is 9.20 Å². The highest BCUT2D eigenvalue weighted by Gasteiger charge is 2.26. The summed E-state index contributed by atoms with van der Waals surface area (Å²) in [6.07, 6.45) is 2.64. The maximum absolute atomic E-state index is 13.4. The standard InChI is InChI=1S/C18H15F3N4O/c19-12-3-4-24(8-12)18(26)7-13-6-17-23-16(9-25(17)10-22-13)11-1-2-14(20)15(21)5-11/h1-2,5-6,9-10,12H,3-4,7-8H2/t12-/m0/s1. The lowest BCUT2D eigenvalue weighted by Crippen LogP contribution is -2.30. The molecule has 1 fully saturated rings. The molecule has 1 aliphatic heterocycles. The highest BCUT2D eigenvalue weighted by molar-refractivity contribution is 5.79. The van der Waals surface area contributed by atoms with Crippen LogP contribution in [-0.2, 0) is 11.2 Å². The summed E-state index contributed by atoms with van der Waals surface area (Å²) in [5, 5.41) is 0. The van der Waals surface area contributed by atoms with Crippen molar-refractivity contribution in [2.24, 2.45) is 0 Å². The number of carbonyl (C=O) groups excluding carboxylic acids is 1. The minimum absolute atomic E-state index is 0.0661. The van der Waals surface area contributed by atoms with Crippen molar-refractivity contribution in [2.75, 3.05) is 13.1 Å². The molecule has 1 saturated heterocycles. The summed E-state index contributed by atoms with van der Waals surface area (Å²) in [7, 11) is 0. The zero-order valence-electron chi connectivity index (χ0n) is 13.7. The number of halogens is 3. The molecule has 134 valence electrons. The van der Waals surface area contributed by atoms with Crippen molar-refractivity contribution < 1.29 is 18.0 Å². The van der Waals surface area contributed by atoms with Crippen molar-refractivity contribution >= 4 is 11.6 Å². The van der Waals surface area contributed by atoms with E-state index in [2.05, 4.69) is 9.97 Å². The van der Waals surface area contributed by atoms with Crippen molar-refractivity contribution in [2.45, 2.75) is 19.0 Å². The van der Waals surface area contributed by atoms with E-state index in [1.54, 1.807) is 16.7 Å². The smallest absolute Gasteiger partial charge is 0.228 e. The van der Waals surface area contributed by atoms with Crippen LogP contribution in [0.3, 0.4) is 0 Å². The average molecular weight is 360 g/mol. The molecule has 0 unspecified atom stereocenters. The Balaban J connectivity index is 1.57. The lowest BCUT2D eigenvalue weighted by Gasteiger charge is -2.14. The molecule has 8 heteroatoms. The first-order valence-corrected chi connectivity index (χ1v) is 8.20. The van der Waals surface area contributed by atoms with Crippen LogP contribution in [0.15, 0.2) is 36.8 Å². The number of nitrogens with zero attached hydrogens (tertiary/aromatic N) is 4. The van der Waals surface area contributed by atoms with E-state index in [9.17, 15) is 18.0 Å². The molecule has 0 saturated carbocycles. The normalized spacial score (nSPS) is 17.2. The number of fused-ring (bicyclic) bond motifs is 1. The first kappa shape index (κ1) is 16.6. The summed E-state index contributed by atoms with van der Waals surface area (Å²) in [6, 6.07) is 5.23. The molecular formula is C18H15F3N4O. The van der Waals surface area contributed by atoms with Gasteiger partial charge in [0.25, 0.3) is 0 Å². The summed E-state index contributed by atoms with van der Waals surface area (Å²) < 4.78 is 41.4. The minimum atomic E-state index is -0.958. The second kappa shape index (κ2) is 6.44. The Bertz CT molecular complexity index is 988. The Morgan fingerprint density at radius 1 is 1.23 bits per heavy atom. The predicted molar refractivity (Wildman–Crippen MR) is 88.1 cm³/mol. The maximum atomic E-state index is 13.4. The van der Waals surface area contributed by atoms with Crippen molar-refractivity contribution in [3.05, 3.63) is 54.1 Å². The van der Waals surface area contributed by atoms with Crippen LogP contribution in [0, 0.1) is 11.6 Å². The molecule has 0 bridgehead atoms. The van der Waals surface area contributed by atoms with Gasteiger partial charge in [0.15, 0.2) is 11.6 Å². The summed E-state index contributed by atoms with van der Waals surface area (Å²) in [5.41, 5.74) is 1.96. The third kappa shape index (κ3) is 3.14. The molecule has 26 heavy (non-hydrogen) atoms. The molecule has 4 rings (SSSR count). The van der Waals surface area contributed by atoms with Gasteiger partial charge in [0.1, 0.15) is 18.1 Å². The van der Waals surface area contributed by atoms with E-state index in [1.807, 2.05) is 0 Å². The van der Waals surface area contributed by atoms with Crippen LogP contribution < -0.4 is 0 Å². The number of hydrogen-bond acceptors (Lipinski definition) is 3. The third-order valence-electron chi connectivity index (χ3n) is 4.44.